The topological polar surface area (TPSA) is 52.0 Å². The third-order valence-electron chi connectivity index (χ3n) is 4.14. The van der Waals surface area contributed by atoms with Crippen LogP contribution in [-0.2, 0) is 17.8 Å². The van der Waals surface area contributed by atoms with Gasteiger partial charge in [0.05, 0.1) is 5.39 Å². The summed E-state index contributed by atoms with van der Waals surface area (Å²) >= 11 is 1.50. The highest BCUT2D eigenvalue weighted by Crippen LogP contribution is 2.31. The molecule has 0 saturated carbocycles. The third-order valence-corrected chi connectivity index (χ3v) is 5.01. The van der Waals surface area contributed by atoms with Gasteiger partial charge < -0.3 is 0 Å². The SMILES string of the molecule is CCc1nc2scc(-c3ccc(C)cc3)c2c(=O)n1CCC(C)=O. The Morgan fingerprint density at radius 2 is 1.96 bits per heavy atom. The molecule has 0 atom stereocenters. The second kappa shape index (κ2) is 6.69. The first kappa shape index (κ1) is 16.6. The first-order chi connectivity index (χ1) is 11.5. The van der Waals surface area contributed by atoms with Crippen LogP contribution in [0.1, 0.15) is 31.7 Å². The van der Waals surface area contributed by atoms with E-state index in [1.807, 2.05) is 43.5 Å². The van der Waals surface area contributed by atoms with Gasteiger partial charge in [-0.3, -0.25) is 14.2 Å². The van der Waals surface area contributed by atoms with Crippen molar-refractivity contribution >= 4 is 27.3 Å². The summed E-state index contributed by atoms with van der Waals surface area (Å²) in [5.74, 6) is 0.819. The maximum Gasteiger partial charge on any atom is 0.262 e. The highest BCUT2D eigenvalue weighted by Gasteiger charge is 2.16. The summed E-state index contributed by atoms with van der Waals surface area (Å²) in [4.78, 5) is 29.8. The molecule has 0 aliphatic rings. The number of hydrogen-bond acceptors (Lipinski definition) is 4. The van der Waals surface area contributed by atoms with Crippen LogP contribution < -0.4 is 5.56 Å². The average molecular weight is 340 g/mol. The molecule has 0 saturated heterocycles. The van der Waals surface area contributed by atoms with Crippen molar-refractivity contribution in [3.63, 3.8) is 0 Å². The summed E-state index contributed by atoms with van der Waals surface area (Å²) < 4.78 is 1.66. The maximum absolute atomic E-state index is 13.1. The maximum atomic E-state index is 13.1. The lowest BCUT2D eigenvalue weighted by atomic mass is 10.0. The van der Waals surface area contributed by atoms with Crippen molar-refractivity contribution in [2.75, 3.05) is 0 Å². The number of nitrogens with zero attached hydrogens (tertiary/aromatic N) is 2. The van der Waals surface area contributed by atoms with E-state index in [9.17, 15) is 9.59 Å². The Morgan fingerprint density at radius 3 is 2.58 bits per heavy atom. The lowest BCUT2D eigenvalue weighted by Crippen LogP contribution is -2.25. The molecule has 2 heterocycles. The van der Waals surface area contributed by atoms with Gasteiger partial charge in [0.25, 0.3) is 5.56 Å². The van der Waals surface area contributed by atoms with Crippen molar-refractivity contribution in [3.05, 3.63) is 51.4 Å². The number of rotatable bonds is 5. The van der Waals surface area contributed by atoms with E-state index in [2.05, 4.69) is 4.98 Å². The molecule has 2 aromatic heterocycles. The van der Waals surface area contributed by atoms with E-state index in [1.165, 1.54) is 16.9 Å². The standard InChI is InChI=1S/C19H20N2O2S/c1-4-16-20-18-17(19(23)21(16)10-9-13(3)22)15(11-24-18)14-7-5-12(2)6-8-14/h5-8,11H,4,9-10H2,1-3H3. The van der Waals surface area contributed by atoms with E-state index in [1.54, 1.807) is 11.5 Å². The number of ketones is 1. The fraction of sp³-hybridized carbons (Fsp3) is 0.316. The van der Waals surface area contributed by atoms with Crippen LogP contribution in [0.2, 0.25) is 0 Å². The predicted octanol–water partition coefficient (Wildman–Crippen LogP) is 3.97. The number of carbonyl (C=O) groups is 1. The largest absolute Gasteiger partial charge is 0.300 e. The Bertz CT molecular complexity index is 952. The van der Waals surface area contributed by atoms with Crippen LogP contribution in [0.3, 0.4) is 0 Å². The first-order valence-electron chi connectivity index (χ1n) is 8.08. The van der Waals surface area contributed by atoms with Crippen LogP contribution in [0.5, 0.6) is 0 Å². The molecule has 0 aliphatic heterocycles. The van der Waals surface area contributed by atoms with Crippen molar-refractivity contribution in [3.8, 4) is 11.1 Å². The van der Waals surface area contributed by atoms with Crippen LogP contribution in [0.15, 0.2) is 34.4 Å². The molecule has 0 spiro atoms. The highest BCUT2D eigenvalue weighted by molar-refractivity contribution is 7.17. The van der Waals surface area contributed by atoms with Gasteiger partial charge in [0, 0.05) is 30.3 Å². The number of benzene rings is 1. The Labute approximate surface area is 144 Å². The average Bonchev–Trinajstić information content (AvgIpc) is 2.98. The number of aryl methyl sites for hydroxylation is 2. The van der Waals surface area contributed by atoms with E-state index in [0.717, 1.165) is 21.8 Å². The quantitative estimate of drug-likeness (QED) is 0.706. The molecular formula is C19H20N2O2S. The number of thiophene rings is 1. The van der Waals surface area contributed by atoms with Gasteiger partial charge in [-0.25, -0.2) is 4.98 Å². The van der Waals surface area contributed by atoms with Gasteiger partial charge in [-0.05, 0) is 19.4 Å². The Morgan fingerprint density at radius 1 is 1.25 bits per heavy atom. The molecule has 0 fully saturated rings. The number of fused-ring (bicyclic) bond motifs is 1. The van der Waals surface area contributed by atoms with Gasteiger partial charge in [-0.15, -0.1) is 11.3 Å². The van der Waals surface area contributed by atoms with E-state index in [-0.39, 0.29) is 11.3 Å². The molecule has 124 valence electrons. The Kier molecular flexibility index (Phi) is 4.62. The minimum absolute atomic E-state index is 0.0464. The summed E-state index contributed by atoms with van der Waals surface area (Å²) in [7, 11) is 0. The van der Waals surface area contributed by atoms with Crippen LogP contribution in [0, 0.1) is 6.92 Å². The molecule has 24 heavy (non-hydrogen) atoms. The lowest BCUT2D eigenvalue weighted by molar-refractivity contribution is -0.117. The number of aromatic nitrogens is 2. The number of Topliss-reactive ketones (excluding diaryl/α,β-unsaturated/α-hetero) is 1. The van der Waals surface area contributed by atoms with Crippen molar-refractivity contribution in [1.29, 1.82) is 0 Å². The summed E-state index contributed by atoms with van der Waals surface area (Å²) in [5.41, 5.74) is 3.08. The molecular weight excluding hydrogens is 320 g/mol. The molecule has 0 amide bonds. The minimum atomic E-state index is -0.0464. The van der Waals surface area contributed by atoms with Gasteiger partial charge in [-0.2, -0.15) is 0 Å². The van der Waals surface area contributed by atoms with Gasteiger partial charge in [0.2, 0.25) is 0 Å². The third kappa shape index (κ3) is 3.04. The molecule has 5 heteroatoms. The summed E-state index contributed by atoms with van der Waals surface area (Å²) in [5, 5.41) is 2.66. The van der Waals surface area contributed by atoms with Crippen molar-refractivity contribution in [2.45, 2.75) is 40.2 Å². The summed E-state index contributed by atoms with van der Waals surface area (Å²) in [6.45, 7) is 5.96. The van der Waals surface area contributed by atoms with Crippen LogP contribution in [-0.4, -0.2) is 15.3 Å². The number of hydrogen-bond donors (Lipinski definition) is 0. The molecule has 0 bridgehead atoms. The van der Waals surface area contributed by atoms with Crippen molar-refractivity contribution < 1.29 is 4.79 Å². The second-order valence-electron chi connectivity index (χ2n) is 5.99. The summed E-state index contributed by atoms with van der Waals surface area (Å²) in [6.07, 6.45) is 1.02. The van der Waals surface area contributed by atoms with E-state index < -0.39 is 0 Å². The van der Waals surface area contributed by atoms with E-state index in [4.69, 9.17) is 0 Å². The van der Waals surface area contributed by atoms with Crippen molar-refractivity contribution in [2.24, 2.45) is 0 Å². The van der Waals surface area contributed by atoms with Crippen LogP contribution >= 0.6 is 11.3 Å². The van der Waals surface area contributed by atoms with Crippen LogP contribution in [0.25, 0.3) is 21.3 Å². The van der Waals surface area contributed by atoms with E-state index in [0.29, 0.717) is 24.8 Å². The molecule has 3 aromatic rings. The zero-order valence-electron chi connectivity index (χ0n) is 14.1. The second-order valence-corrected chi connectivity index (χ2v) is 6.84. The monoisotopic (exact) mass is 340 g/mol. The first-order valence-corrected chi connectivity index (χ1v) is 8.96. The lowest BCUT2D eigenvalue weighted by Gasteiger charge is -2.11. The minimum Gasteiger partial charge on any atom is -0.300 e. The van der Waals surface area contributed by atoms with E-state index >= 15 is 0 Å². The van der Waals surface area contributed by atoms with Gasteiger partial charge in [0.1, 0.15) is 16.4 Å². The van der Waals surface area contributed by atoms with Gasteiger partial charge in [-0.1, -0.05) is 36.8 Å². The molecule has 1 aromatic carbocycles. The highest BCUT2D eigenvalue weighted by atomic mass is 32.1. The normalized spacial score (nSPS) is 11.1. The van der Waals surface area contributed by atoms with Crippen LogP contribution in [0.4, 0.5) is 0 Å². The van der Waals surface area contributed by atoms with Gasteiger partial charge >= 0.3 is 0 Å². The molecule has 0 N–H and O–H groups in total. The molecule has 0 unspecified atom stereocenters. The molecule has 4 nitrogen and oxygen atoms in total. The summed E-state index contributed by atoms with van der Waals surface area (Å²) in [6, 6.07) is 8.15. The fourth-order valence-electron chi connectivity index (χ4n) is 2.78. The molecule has 0 radical (unpaired) electrons. The van der Waals surface area contributed by atoms with Crippen molar-refractivity contribution in [1.82, 2.24) is 9.55 Å². The fourth-order valence-corrected chi connectivity index (χ4v) is 3.74. The zero-order valence-corrected chi connectivity index (χ0v) is 14.9. The van der Waals surface area contributed by atoms with Gasteiger partial charge in [0.15, 0.2) is 0 Å². The molecule has 3 rings (SSSR count). The number of carbonyl (C=O) groups excluding carboxylic acids is 1. The molecule has 0 aliphatic carbocycles. The Balaban J connectivity index is 2.20. The predicted molar refractivity (Wildman–Crippen MR) is 98.7 cm³/mol. The zero-order chi connectivity index (χ0) is 17.3. The Hall–Kier alpha value is -2.27. The smallest absolute Gasteiger partial charge is 0.262 e.